The minimum atomic E-state index is -2.55. The van der Waals surface area contributed by atoms with Crippen molar-refractivity contribution in [1.29, 1.82) is 0 Å². The van der Waals surface area contributed by atoms with Gasteiger partial charge in [0, 0.05) is 32.5 Å². The van der Waals surface area contributed by atoms with Gasteiger partial charge < -0.3 is 15.0 Å². The van der Waals surface area contributed by atoms with Crippen LogP contribution in [0, 0.1) is 5.92 Å². The molecule has 1 aliphatic heterocycles. The van der Waals surface area contributed by atoms with Crippen molar-refractivity contribution in [2.45, 2.75) is 51.2 Å². The molecule has 1 heterocycles. The quantitative estimate of drug-likeness (QED) is 0.798. The highest BCUT2D eigenvalue weighted by atomic mass is 19.3. The average Bonchev–Trinajstić information content (AvgIpc) is 2.23. The normalized spacial score (nSPS) is 27.8. The van der Waals surface area contributed by atoms with E-state index in [1.807, 2.05) is 0 Å². The summed E-state index contributed by atoms with van der Waals surface area (Å²) in [5.41, 5.74) is -0.559. The van der Waals surface area contributed by atoms with Crippen molar-refractivity contribution in [2.24, 2.45) is 5.92 Å². The number of nitrogens with one attached hydrogen (secondary N) is 1. The highest BCUT2D eigenvalue weighted by Gasteiger charge is 2.51. The number of piperazine rings is 1. The van der Waals surface area contributed by atoms with E-state index in [-0.39, 0.29) is 24.8 Å². The molecule has 0 aromatic rings. The third kappa shape index (κ3) is 3.55. The minimum Gasteiger partial charge on any atom is -0.444 e. The molecule has 1 saturated heterocycles. The summed E-state index contributed by atoms with van der Waals surface area (Å²) in [5, 5.41) is 3.16. The summed E-state index contributed by atoms with van der Waals surface area (Å²) in [6.45, 7) is 7.18. The number of rotatable bonds is 1. The first-order valence-corrected chi connectivity index (χ1v) is 6.76. The fourth-order valence-electron chi connectivity index (χ4n) is 2.67. The Morgan fingerprint density at radius 1 is 1.37 bits per heavy atom. The molecule has 0 bridgehead atoms. The van der Waals surface area contributed by atoms with Crippen LogP contribution < -0.4 is 5.32 Å². The molecule has 110 valence electrons. The second kappa shape index (κ2) is 4.89. The minimum absolute atomic E-state index is 0.126. The lowest BCUT2D eigenvalue weighted by atomic mass is 9.75. The number of halogens is 2. The van der Waals surface area contributed by atoms with E-state index in [1.165, 1.54) is 0 Å². The number of amides is 1. The number of carbonyl (C=O) groups excluding carboxylic acids is 1. The first-order valence-electron chi connectivity index (χ1n) is 6.76. The molecule has 0 aromatic carbocycles. The summed E-state index contributed by atoms with van der Waals surface area (Å²) in [6, 6.07) is -0.178. The molecule has 0 aromatic heterocycles. The number of nitrogens with zero attached hydrogens (tertiary/aromatic N) is 1. The van der Waals surface area contributed by atoms with E-state index in [9.17, 15) is 13.6 Å². The Morgan fingerprint density at radius 2 is 2.00 bits per heavy atom. The predicted octanol–water partition coefficient (Wildman–Crippen LogP) is 2.24. The van der Waals surface area contributed by atoms with E-state index in [4.69, 9.17) is 4.74 Å². The first kappa shape index (κ1) is 14.5. The Hall–Kier alpha value is -0.910. The summed E-state index contributed by atoms with van der Waals surface area (Å²) < 4.78 is 31.3. The van der Waals surface area contributed by atoms with Gasteiger partial charge in [-0.15, -0.1) is 0 Å². The maximum Gasteiger partial charge on any atom is 0.410 e. The molecular formula is C13H22F2N2O2. The largest absolute Gasteiger partial charge is 0.444 e. The fourth-order valence-corrected chi connectivity index (χ4v) is 2.67. The Morgan fingerprint density at radius 3 is 2.53 bits per heavy atom. The zero-order chi connectivity index (χ0) is 14.3. The van der Waals surface area contributed by atoms with Gasteiger partial charge in [-0.05, 0) is 26.7 Å². The van der Waals surface area contributed by atoms with Crippen LogP contribution in [0.2, 0.25) is 0 Å². The number of hydrogen-bond donors (Lipinski definition) is 1. The molecule has 2 rings (SSSR count). The van der Waals surface area contributed by atoms with E-state index in [1.54, 1.807) is 25.7 Å². The van der Waals surface area contributed by atoms with Crippen molar-refractivity contribution in [3.63, 3.8) is 0 Å². The highest BCUT2D eigenvalue weighted by Crippen LogP contribution is 2.45. The number of alkyl halides is 2. The van der Waals surface area contributed by atoms with Gasteiger partial charge in [0.25, 0.3) is 0 Å². The van der Waals surface area contributed by atoms with Crippen LogP contribution >= 0.6 is 0 Å². The average molecular weight is 276 g/mol. The van der Waals surface area contributed by atoms with Crippen molar-refractivity contribution in [3.8, 4) is 0 Å². The van der Waals surface area contributed by atoms with Crippen LogP contribution in [0.1, 0.15) is 33.6 Å². The molecule has 2 fully saturated rings. The Balaban J connectivity index is 1.98. The van der Waals surface area contributed by atoms with Gasteiger partial charge in [-0.25, -0.2) is 13.6 Å². The van der Waals surface area contributed by atoms with Gasteiger partial charge in [0.15, 0.2) is 0 Å². The highest BCUT2D eigenvalue weighted by molar-refractivity contribution is 5.68. The standard InChI is InChI=1S/C13H22F2N2O2/c1-12(2,3)19-11(18)17-5-4-16-8-10(17)9-6-13(14,15)7-9/h9-10,16H,4-8H2,1-3H3. The second-order valence-corrected chi connectivity index (χ2v) is 6.47. The molecule has 1 atom stereocenters. The molecule has 6 heteroatoms. The Labute approximate surface area is 112 Å². The molecule has 1 unspecified atom stereocenters. The Kier molecular flexibility index (Phi) is 3.73. The smallest absolute Gasteiger partial charge is 0.410 e. The lowest BCUT2D eigenvalue weighted by molar-refractivity contribution is -0.132. The van der Waals surface area contributed by atoms with Gasteiger partial charge in [-0.2, -0.15) is 0 Å². The molecule has 2 aliphatic rings. The lowest BCUT2D eigenvalue weighted by Crippen LogP contribution is -2.60. The van der Waals surface area contributed by atoms with E-state index < -0.39 is 17.6 Å². The number of ether oxygens (including phenoxy) is 1. The van der Waals surface area contributed by atoms with Crippen LogP contribution in [0.15, 0.2) is 0 Å². The lowest BCUT2D eigenvalue weighted by Gasteiger charge is -2.46. The van der Waals surface area contributed by atoms with Crippen LogP contribution in [0.3, 0.4) is 0 Å². The van der Waals surface area contributed by atoms with Gasteiger partial charge in [0.05, 0.1) is 6.04 Å². The topological polar surface area (TPSA) is 41.6 Å². The van der Waals surface area contributed by atoms with Crippen LogP contribution in [0.5, 0.6) is 0 Å². The van der Waals surface area contributed by atoms with Crippen molar-refractivity contribution in [2.75, 3.05) is 19.6 Å². The zero-order valence-corrected chi connectivity index (χ0v) is 11.7. The van der Waals surface area contributed by atoms with Gasteiger partial charge >= 0.3 is 6.09 Å². The third-order valence-electron chi connectivity index (χ3n) is 3.58. The van der Waals surface area contributed by atoms with Crippen LogP contribution in [0.4, 0.5) is 13.6 Å². The summed E-state index contributed by atoms with van der Waals surface area (Å²) in [4.78, 5) is 13.7. The molecule has 19 heavy (non-hydrogen) atoms. The van der Waals surface area contributed by atoms with Gasteiger partial charge in [-0.1, -0.05) is 0 Å². The van der Waals surface area contributed by atoms with E-state index >= 15 is 0 Å². The van der Waals surface area contributed by atoms with Crippen molar-refractivity contribution in [3.05, 3.63) is 0 Å². The van der Waals surface area contributed by atoms with Crippen molar-refractivity contribution >= 4 is 6.09 Å². The SMILES string of the molecule is CC(C)(C)OC(=O)N1CCNCC1C1CC(F)(F)C1. The van der Waals surface area contributed by atoms with Gasteiger partial charge in [0.1, 0.15) is 5.60 Å². The predicted molar refractivity (Wildman–Crippen MR) is 67.3 cm³/mol. The summed E-state index contributed by atoms with van der Waals surface area (Å²) in [7, 11) is 0. The molecule has 0 spiro atoms. The number of carbonyl (C=O) groups is 1. The fraction of sp³-hybridized carbons (Fsp3) is 0.923. The molecule has 1 N–H and O–H groups in total. The van der Waals surface area contributed by atoms with E-state index in [0.717, 1.165) is 0 Å². The zero-order valence-electron chi connectivity index (χ0n) is 11.7. The van der Waals surface area contributed by atoms with Crippen LogP contribution in [0.25, 0.3) is 0 Å². The molecule has 1 aliphatic carbocycles. The summed E-state index contributed by atoms with van der Waals surface area (Å²) >= 11 is 0. The monoisotopic (exact) mass is 276 g/mol. The van der Waals surface area contributed by atoms with E-state index in [0.29, 0.717) is 19.6 Å². The molecule has 4 nitrogen and oxygen atoms in total. The third-order valence-corrected chi connectivity index (χ3v) is 3.58. The van der Waals surface area contributed by atoms with Crippen molar-refractivity contribution < 1.29 is 18.3 Å². The molecular weight excluding hydrogens is 254 g/mol. The molecule has 0 radical (unpaired) electrons. The number of hydrogen-bond acceptors (Lipinski definition) is 3. The summed E-state index contributed by atoms with van der Waals surface area (Å²) in [6.07, 6.45) is -0.647. The van der Waals surface area contributed by atoms with E-state index in [2.05, 4.69) is 5.32 Å². The van der Waals surface area contributed by atoms with Crippen molar-refractivity contribution in [1.82, 2.24) is 10.2 Å². The first-order chi connectivity index (χ1) is 8.68. The van der Waals surface area contributed by atoms with Crippen LogP contribution in [-0.4, -0.2) is 48.2 Å². The van der Waals surface area contributed by atoms with Gasteiger partial charge in [0.2, 0.25) is 5.92 Å². The maximum absolute atomic E-state index is 13.0. The summed E-state index contributed by atoms with van der Waals surface area (Å²) in [5.74, 6) is -2.68. The maximum atomic E-state index is 13.0. The molecule has 1 amide bonds. The second-order valence-electron chi connectivity index (χ2n) is 6.47. The van der Waals surface area contributed by atoms with Gasteiger partial charge in [-0.3, -0.25) is 0 Å². The molecule has 1 saturated carbocycles. The van der Waals surface area contributed by atoms with Crippen LogP contribution in [-0.2, 0) is 4.74 Å². The Bertz CT molecular complexity index is 347.